The van der Waals surface area contributed by atoms with Crippen LogP contribution in [-0.4, -0.2) is 26.3 Å². The van der Waals surface area contributed by atoms with Gasteiger partial charge in [0.15, 0.2) is 0 Å². The van der Waals surface area contributed by atoms with Crippen molar-refractivity contribution in [2.75, 3.05) is 0 Å². The molecular formula is C20H19FN4OS. The lowest BCUT2D eigenvalue weighted by Crippen LogP contribution is -2.30. The number of rotatable bonds is 7. The number of nitrogens with one attached hydrogen (secondary N) is 2. The Balaban J connectivity index is 1.52. The summed E-state index contributed by atoms with van der Waals surface area (Å²) >= 11 is 1.24. The minimum Gasteiger partial charge on any atom is -0.351 e. The van der Waals surface area contributed by atoms with E-state index in [1.807, 2.05) is 42.5 Å². The minimum atomic E-state index is -0.404. The monoisotopic (exact) mass is 382 g/mol. The van der Waals surface area contributed by atoms with Gasteiger partial charge in [-0.2, -0.15) is 0 Å². The molecule has 27 heavy (non-hydrogen) atoms. The van der Waals surface area contributed by atoms with Crippen LogP contribution >= 0.6 is 11.8 Å². The second-order valence-corrected chi connectivity index (χ2v) is 7.12. The van der Waals surface area contributed by atoms with E-state index < -0.39 is 5.25 Å². The highest BCUT2D eigenvalue weighted by Gasteiger charge is 2.17. The van der Waals surface area contributed by atoms with Crippen molar-refractivity contribution in [2.45, 2.75) is 23.9 Å². The maximum absolute atomic E-state index is 13.6. The first-order valence-electron chi connectivity index (χ1n) is 8.45. The summed E-state index contributed by atoms with van der Waals surface area (Å²) in [7, 11) is 0. The summed E-state index contributed by atoms with van der Waals surface area (Å²) < 4.78 is 13.6. The summed E-state index contributed by atoms with van der Waals surface area (Å²) in [6.07, 6.45) is 3.76. The van der Waals surface area contributed by atoms with Crippen LogP contribution in [0.5, 0.6) is 0 Å². The van der Waals surface area contributed by atoms with E-state index in [1.165, 1.54) is 17.8 Å². The van der Waals surface area contributed by atoms with E-state index in [1.54, 1.807) is 25.1 Å². The summed E-state index contributed by atoms with van der Waals surface area (Å²) in [5.74, 6) is 0.0802. The zero-order chi connectivity index (χ0) is 19.1. The highest BCUT2D eigenvalue weighted by Crippen LogP contribution is 2.20. The molecule has 0 saturated heterocycles. The molecule has 0 aliphatic rings. The van der Waals surface area contributed by atoms with Gasteiger partial charge >= 0.3 is 0 Å². The fourth-order valence-electron chi connectivity index (χ4n) is 2.30. The molecule has 0 aliphatic carbocycles. The van der Waals surface area contributed by atoms with Crippen molar-refractivity contribution in [1.29, 1.82) is 0 Å². The maximum atomic E-state index is 13.6. The number of carbonyl (C=O) groups is 1. The first-order valence-corrected chi connectivity index (χ1v) is 9.33. The van der Waals surface area contributed by atoms with Gasteiger partial charge in [-0.3, -0.25) is 9.89 Å². The average molecular weight is 382 g/mol. The molecule has 0 fully saturated rings. The molecule has 1 aromatic heterocycles. The molecule has 138 valence electrons. The Kier molecular flexibility index (Phi) is 6.38. The smallest absolute Gasteiger partial charge is 0.233 e. The second kappa shape index (κ2) is 9.14. The Morgan fingerprint density at radius 2 is 1.93 bits per heavy atom. The number of halogens is 1. The SMILES string of the molecule is CC(Sc1n[nH]c(/C=C/c2ccccc2)n1)C(=O)NCc1ccccc1F. The Hall–Kier alpha value is -2.93. The number of carbonyl (C=O) groups excluding carboxylic acids is 1. The van der Waals surface area contributed by atoms with Crippen LogP contribution in [0.2, 0.25) is 0 Å². The van der Waals surface area contributed by atoms with Crippen molar-refractivity contribution in [3.63, 3.8) is 0 Å². The van der Waals surface area contributed by atoms with Crippen LogP contribution in [0.25, 0.3) is 12.2 Å². The predicted octanol–water partition coefficient (Wildman–Crippen LogP) is 3.91. The van der Waals surface area contributed by atoms with Gasteiger partial charge in [0.1, 0.15) is 11.6 Å². The van der Waals surface area contributed by atoms with E-state index in [0.717, 1.165) is 5.56 Å². The lowest BCUT2D eigenvalue weighted by Gasteiger charge is -2.10. The van der Waals surface area contributed by atoms with Gasteiger partial charge in [0.05, 0.1) is 5.25 Å². The molecule has 1 unspecified atom stereocenters. The zero-order valence-corrected chi connectivity index (χ0v) is 15.5. The van der Waals surface area contributed by atoms with Crippen LogP contribution in [0, 0.1) is 5.82 Å². The number of thioether (sulfide) groups is 1. The van der Waals surface area contributed by atoms with Crippen LogP contribution in [0.15, 0.2) is 59.8 Å². The van der Waals surface area contributed by atoms with Gasteiger partial charge in [0.2, 0.25) is 11.1 Å². The van der Waals surface area contributed by atoms with Crippen molar-refractivity contribution in [3.8, 4) is 0 Å². The normalized spacial score (nSPS) is 12.2. The Morgan fingerprint density at radius 3 is 2.70 bits per heavy atom. The number of amides is 1. The first kappa shape index (κ1) is 18.8. The van der Waals surface area contributed by atoms with Crippen LogP contribution < -0.4 is 5.32 Å². The standard InChI is InChI=1S/C20H19FN4OS/c1-14(19(26)22-13-16-9-5-6-10-17(16)21)27-20-23-18(24-25-20)12-11-15-7-3-2-4-8-15/h2-12,14H,13H2,1H3,(H,22,26)(H,23,24,25)/b12-11+. The van der Waals surface area contributed by atoms with E-state index in [-0.39, 0.29) is 18.3 Å². The molecule has 0 radical (unpaired) electrons. The number of nitrogens with zero attached hydrogens (tertiary/aromatic N) is 2. The largest absolute Gasteiger partial charge is 0.351 e. The molecule has 7 heteroatoms. The molecule has 2 aromatic carbocycles. The fraction of sp³-hybridized carbons (Fsp3) is 0.150. The molecule has 0 saturated carbocycles. The molecule has 3 aromatic rings. The van der Waals surface area contributed by atoms with Crippen LogP contribution in [0.3, 0.4) is 0 Å². The Bertz CT molecular complexity index is 926. The van der Waals surface area contributed by atoms with Gasteiger partial charge in [0, 0.05) is 12.1 Å². The van der Waals surface area contributed by atoms with Gasteiger partial charge in [-0.05, 0) is 24.6 Å². The summed E-state index contributed by atoms with van der Waals surface area (Å²) in [5, 5.41) is 9.77. The summed E-state index contributed by atoms with van der Waals surface area (Å²) in [5.41, 5.74) is 1.51. The zero-order valence-electron chi connectivity index (χ0n) is 14.7. The molecule has 1 heterocycles. The molecule has 0 bridgehead atoms. The summed E-state index contributed by atoms with van der Waals surface area (Å²) in [6.45, 7) is 1.91. The third-order valence-corrected chi connectivity index (χ3v) is 4.74. The molecule has 0 spiro atoms. The van der Waals surface area contributed by atoms with Crippen molar-refractivity contribution >= 4 is 29.8 Å². The highest BCUT2D eigenvalue weighted by atomic mass is 32.2. The molecule has 3 rings (SSSR count). The first-order chi connectivity index (χ1) is 13.1. The molecule has 0 aliphatic heterocycles. The van der Waals surface area contributed by atoms with Gasteiger partial charge in [0.25, 0.3) is 0 Å². The van der Waals surface area contributed by atoms with Crippen molar-refractivity contribution in [1.82, 2.24) is 20.5 Å². The van der Waals surface area contributed by atoms with Crippen molar-refractivity contribution in [2.24, 2.45) is 0 Å². The second-order valence-electron chi connectivity index (χ2n) is 5.82. The third-order valence-electron chi connectivity index (χ3n) is 3.78. The third kappa shape index (κ3) is 5.52. The van der Waals surface area contributed by atoms with Crippen molar-refractivity contribution in [3.05, 3.63) is 77.4 Å². The number of hydrogen-bond acceptors (Lipinski definition) is 4. The molecular weight excluding hydrogens is 363 g/mol. The topological polar surface area (TPSA) is 70.7 Å². The van der Waals surface area contributed by atoms with Gasteiger partial charge in [-0.15, -0.1) is 5.10 Å². The van der Waals surface area contributed by atoms with E-state index in [0.29, 0.717) is 16.5 Å². The minimum absolute atomic E-state index is 0.148. The van der Waals surface area contributed by atoms with Crippen LogP contribution in [0.1, 0.15) is 23.9 Å². The number of aromatic nitrogens is 3. The van der Waals surface area contributed by atoms with E-state index in [4.69, 9.17) is 0 Å². The quantitative estimate of drug-likeness (QED) is 0.608. The predicted molar refractivity (Wildman–Crippen MR) is 105 cm³/mol. The number of benzene rings is 2. The number of aromatic amines is 1. The average Bonchev–Trinajstić information content (AvgIpc) is 3.13. The van der Waals surface area contributed by atoms with Gasteiger partial charge < -0.3 is 5.32 Å². The number of hydrogen-bond donors (Lipinski definition) is 2. The van der Waals surface area contributed by atoms with E-state index in [2.05, 4.69) is 20.5 Å². The summed E-state index contributed by atoms with van der Waals surface area (Å²) in [4.78, 5) is 16.6. The van der Waals surface area contributed by atoms with Crippen LogP contribution in [-0.2, 0) is 11.3 Å². The lowest BCUT2D eigenvalue weighted by atomic mass is 10.2. The fourth-order valence-corrected chi connectivity index (χ4v) is 3.06. The lowest BCUT2D eigenvalue weighted by molar-refractivity contribution is -0.120. The molecule has 2 N–H and O–H groups in total. The summed E-state index contributed by atoms with van der Waals surface area (Å²) in [6, 6.07) is 16.2. The Morgan fingerprint density at radius 1 is 1.19 bits per heavy atom. The van der Waals surface area contributed by atoms with Crippen LogP contribution in [0.4, 0.5) is 4.39 Å². The maximum Gasteiger partial charge on any atom is 0.233 e. The molecule has 5 nitrogen and oxygen atoms in total. The Labute approximate surface area is 161 Å². The van der Waals surface area contributed by atoms with Gasteiger partial charge in [-0.25, -0.2) is 9.37 Å². The van der Waals surface area contributed by atoms with Gasteiger partial charge in [-0.1, -0.05) is 66.4 Å². The molecule has 1 amide bonds. The number of H-pyrrole nitrogens is 1. The molecule has 1 atom stereocenters. The van der Waals surface area contributed by atoms with Crippen molar-refractivity contribution < 1.29 is 9.18 Å². The van der Waals surface area contributed by atoms with E-state index >= 15 is 0 Å². The highest BCUT2D eigenvalue weighted by molar-refractivity contribution is 8.00. The van der Waals surface area contributed by atoms with E-state index in [9.17, 15) is 9.18 Å².